The van der Waals surface area contributed by atoms with Gasteiger partial charge >= 0.3 is 0 Å². The van der Waals surface area contributed by atoms with Gasteiger partial charge in [-0.05, 0) is 44.3 Å². The number of ether oxygens (including phenoxy) is 2. The largest absolute Gasteiger partial charge is 0.488 e. The predicted octanol–water partition coefficient (Wildman–Crippen LogP) is 6.61. The second-order valence-corrected chi connectivity index (χ2v) is 9.27. The number of hydrogen-bond acceptors (Lipinski definition) is 4. The summed E-state index contributed by atoms with van der Waals surface area (Å²) in [6.07, 6.45) is -0.808. The summed E-state index contributed by atoms with van der Waals surface area (Å²) in [4.78, 5) is 2.05. The van der Waals surface area contributed by atoms with Crippen molar-refractivity contribution in [1.82, 2.24) is 4.90 Å². The van der Waals surface area contributed by atoms with E-state index in [9.17, 15) is 5.11 Å². The zero-order chi connectivity index (χ0) is 23.3. The maximum absolute atomic E-state index is 11.4. The third-order valence-corrected chi connectivity index (χ3v) is 6.65. The minimum Gasteiger partial charge on any atom is -0.488 e. The smallest absolute Gasteiger partial charge is 0.137 e. The maximum Gasteiger partial charge on any atom is 0.137 e. The Kier molecular flexibility index (Phi) is 6.95. The molecule has 4 aromatic rings. The van der Waals surface area contributed by atoms with Crippen molar-refractivity contribution in [2.24, 2.45) is 0 Å². The van der Waals surface area contributed by atoms with Gasteiger partial charge in [0.05, 0.1) is 4.47 Å². The summed E-state index contributed by atoms with van der Waals surface area (Å²) in [6, 6.07) is 32.2. The van der Waals surface area contributed by atoms with Crippen molar-refractivity contribution in [2.45, 2.75) is 32.5 Å². The molecule has 5 heteroatoms. The average molecular weight is 516 g/mol. The molecule has 1 N–H and O–H groups in total. The van der Waals surface area contributed by atoms with E-state index in [0.29, 0.717) is 43.4 Å². The first-order chi connectivity index (χ1) is 16.7. The number of aliphatic hydroxyl groups excluding tert-OH is 1. The standard InChI is InChI=1S/C29H26BrNO3/c30-26-15-25(29(32)31-17-23-13-7-8-14-24(23)18-31)27(33-19-21-9-3-1-4-10-21)16-28(26)34-20-22-11-5-2-6-12-22/h1-16,29,32H,17-20H2. The van der Waals surface area contributed by atoms with Gasteiger partial charge in [0, 0.05) is 24.7 Å². The first-order valence-electron chi connectivity index (χ1n) is 11.3. The van der Waals surface area contributed by atoms with Gasteiger partial charge in [0.15, 0.2) is 0 Å². The van der Waals surface area contributed by atoms with Gasteiger partial charge in [0.25, 0.3) is 0 Å². The summed E-state index contributed by atoms with van der Waals surface area (Å²) in [7, 11) is 0. The molecule has 0 aromatic heterocycles. The van der Waals surface area contributed by atoms with Gasteiger partial charge < -0.3 is 14.6 Å². The lowest BCUT2D eigenvalue weighted by Crippen LogP contribution is -2.23. The average Bonchev–Trinajstić information content (AvgIpc) is 3.32. The first kappa shape index (κ1) is 22.7. The highest BCUT2D eigenvalue weighted by molar-refractivity contribution is 9.10. The first-order valence-corrected chi connectivity index (χ1v) is 12.1. The molecule has 1 unspecified atom stereocenters. The van der Waals surface area contributed by atoms with Gasteiger partial charge in [0.1, 0.15) is 30.9 Å². The predicted molar refractivity (Wildman–Crippen MR) is 136 cm³/mol. The van der Waals surface area contributed by atoms with Gasteiger partial charge in [-0.1, -0.05) is 84.9 Å². The van der Waals surface area contributed by atoms with Crippen LogP contribution in [0.5, 0.6) is 11.5 Å². The highest BCUT2D eigenvalue weighted by atomic mass is 79.9. The van der Waals surface area contributed by atoms with Gasteiger partial charge in [-0.3, -0.25) is 4.90 Å². The van der Waals surface area contributed by atoms with Crippen LogP contribution in [0.2, 0.25) is 0 Å². The van der Waals surface area contributed by atoms with E-state index in [2.05, 4.69) is 28.1 Å². The van der Waals surface area contributed by atoms with Crippen LogP contribution < -0.4 is 9.47 Å². The molecule has 0 fully saturated rings. The van der Waals surface area contributed by atoms with Crippen molar-refractivity contribution in [3.8, 4) is 11.5 Å². The second-order valence-electron chi connectivity index (χ2n) is 8.42. The van der Waals surface area contributed by atoms with Crippen LogP contribution in [0.4, 0.5) is 0 Å². The number of aliphatic hydroxyl groups is 1. The van der Waals surface area contributed by atoms with Crippen LogP contribution in [0.3, 0.4) is 0 Å². The molecule has 34 heavy (non-hydrogen) atoms. The van der Waals surface area contributed by atoms with Crippen LogP contribution in [-0.4, -0.2) is 10.0 Å². The van der Waals surface area contributed by atoms with Gasteiger partial charge in [-0.25, -0.2) is 0 Å². The summed E-state index contributed by atoms with van der Waals surface area (Å²) in [6.45, 7) is 2.24. The molecule has 1 heterocycles. The van der Waals surface area contributed by atoms with E-state index in [0.717, 1.165) is 15.6 Å². The fourth-order valence-corrected chi connectivity index (χ4v) is 4.66. The summed E-state index contributed by atoms with van der Waals surface area (Å²) in [5, 5.41) is 11.4. The fourth-order valence-electron chi connectivity index (χ4n) is 4.19. The number of benzene rings is 4. The van der Waals surface area contributed by atoms with Crippen molar-refractivity contribution >= 4 is 15.9 Å². The molecule has 1 aliphatic rings. The van der Waals surface area contributed by atoms with Crippen molar-refractivity contribution in [3.05, 3.63) is 129 Å². The lowest BCUT2D eigenvalue weighted by atomic mass is 10.1. The zero-order valence-electron chi connectivity index (χ0n) is 18.7. The zero-order valence-corrected chi connectivity index (χ0v) is 20.3. The normalized spacial score (nSPS) is 13.9. The van der Waals surface area contributed by atoms with Crippen molar-refractivity contribution in [2.75, 3.05) is 0 Å². The Hall–Kier alpha value is -3.12. The van der Waals surface area contributed by atoms with E-state index in [1.165, 1.54) is 11.1 Å². The monoisotopic (exact) mass is 515 g/mol. The van der Waals surface area contributed by atoms with Crippen LogP contribution in [0.1, 0.15) is 34.0 Å². The molecule has 172 valence electrons. The van der Waals surface area contributed by atoms with Crippen LogP contribution in [-0.2, 0) is 26.3 Å². The topological polar surface area (TPSA) is 41.9 Å². The third kappa shape index (κ3) is 5.17. The Labute approximate surface area is 208 Å². The van der Waals surface area contributed by atoms with Crippen molar-refractivity contribution in [3.63, 3.8) is 0 Å². The molecular formula is C29H26BrNO3. The molecule has 0 radical (unpaired) electrons. The molecule has 0 saturated carbocycles. The Morgan fingerprint density at radius 2 is 1.21 bits per heavy atom. The number of fused-ring (bicyclic) bond motifs is 1. The molecule has 1 aliphatic heterocycles. The van der Waals surface area contributed by atoms with Gasteiger partial charge in [-0.15, -0.1) is 0 Å². The molecule has 4 nitrogen and oxygen atoms in total. The highest BCUT2D eigenvalue weighted by Gasteiger charge is 2.28. The van der Waals surface area contributed by atoms with E-state index in [1.807, 2.05) is 89.8 Å². The van der Waals surface area contributed by atoms with Gasteiger partial charge in [-0.2, -0.15) is 0 Å². The highest BCUT2D eigenvalue weighted by Crippen LogP contribution is 2.40. The van der Waals surface area contributed by atoms with Crippen LogP contribution in [0.25, 0.3) is 0 Å². The molecule has 0 aliphatic carbocycles. The lowest BCUT2D eigenvalue weighted by Gasteiger charge is -2.25. The SMILES string of the molecule is OC(c1cc(Br)c(OCc2ccccc2)cc1OCc1ccccc1)N1Cc2ccccc2C1. The third-order valence-electron chi connectivity index (χ3n) is 6.03. The van der Waals surface area contributed by atoms with E-state index >= 15 is 0 Å². The second kappa shape index (κ2) is 10.4. The lowest BCUT2D eigenvalue weighted by molar-refractivity contribution is -0.00395. The number of rotatable bonds is 8. The summed E-state index contributed by atoms with van der Waals surface area (Å²) >= 11 is 3.65. The summed E-state index contributed by atoms with van der Waals surface area (Å²) < 4.78 is 13.1. The van der Waals surface area contributed by atoms with E-state index in [4.69, 9.17) is 9.47 Å². The van der Waals surface area contributed by atoms with E-state index < -0.39 is 6.23 Å². The molecule has 0 amide bonds. The summed E-state index contributed by atoms with van der Waals surface area (Å²) in [5.41, 5.74) is 5.35. The Bertz CT molecular complexity index is 1220. The number of hydrogen-bond donors (Lipinski definition) is 1. The maximum atomic E-state index is 11.4. The van der Waals surface area contributed by atoms with Crippen molar-refractivity contribution < 1.29 is 14.6 Å². The van der Waals surface area contributed by atoms with Gasteiger partial charge in [0.2, 0.25) is 0 Å². The van der Waals surface area contributed by atoms with E-state index in [-0.39, 0.29) is 0 Å². The molecule has 5 rings (SSSR count). The molecule has 4 aromatic carbocycles. The fraction of sp³-hybridized carbons (Fsp3) is 0.172. The molecule has 0 spiro atoms. The quantitative estimate of drug-likeness (QED) is 0.286. The number of halogens is 1. The summed E-state index contributed by atoms with van der Waals surface area (Å²) in [5.74, 6) is 1.28. The van der Waals surface area contributed by atoms with Crippen LogP contribution >= 0.6 is 15.9 Å². The molecular weight excluding hydrogens is 490 g/mol. The van der Waals surface area contributed by atoms with E-state index in [1.54, 1.807) is 0 Å². The minimum atomic E-state index is -0.808. The molecule has 0 saturated heterocycles. The minimum absolute atomic E-state index is 0.403. The molecule has 0 bridgehead atoms. The Morgan fingerprint density at radius 1 is 0.706 bits per heavy atom. The Morgan fingerprint density at radius 3 is 1.76 bits per heavy atom. The number of nitrogens with zero attached hydrogens (tertiary/aromatic N) is 1. The molecule has 1 atom stereocenters. The van der Waals surface area contributed by atoms with Crippen LogP contribution in [0, 0.1) is 0 Å². The van der Waals surface area contributed by atoms with Crippen LogP contribution in [0.15, 0.2) is 102 Å². The Balaban J connectivity index is 1.41. The van der Waals surface area contributed by atoms with Crippen molar-refractivity contribution in [1.29, 1.82) is 0 Å².